The number of carbonyl (C=O) groups is 1. The number of morpholine rings is 1. The normalized spacial score (nSPS) is 20.7. The van der Waals surface area contributed by atoms with Crippen LogP contribution in [0.1, 0.15) is 21.5 Å². The first kappa shape index (κ1) is 19.9. The Bertz CT molecular complexity index is 831. The van der Waals surface area contributed by atoms with Gasteiger partial charge in [-0.25, -0.2) is 0 Å². The fourth-order valence-corrected chi connectivity index (χ4v) is 4.18. The van der Waals surface area contributed by atoms with Crippen LogP contribution in [0, 0.1) is 13.8 Å². The van der Waals surface area contributed by atoms with Crippen molar-refractivity contribution in [2.45, 2.75) is 20.0 Å². The van der Waals surface area contributed by atoms with Gasteiger partial charge in [0.25, 0.3) is 5.91 Å². The molecule has 5 heteroatoms. The Balaban J connectivity index is 1.29. The number of carbonyl (C=O) groups excluding carboxylic acids is 1. The van der Waals surface area contributed by atoms with Crippen molar-refractivity contribution in [3.8, 4) is 0 Å². The minimum atomic E-state index is 0.0876. The summed E-state index contributed by atoms with van der Waals surface area (Å²) in [5.41, 5.74) is 4.77. The van der Waals surface area contributed by atoms with Gasteiger partial charge < -0.3 is 14.5 Å². The average Bonchev–Trinajstić information content (AvgIpc) is 2.76. The highest BCUT2D eigenvalue weighted by Crippen LogP contribution is 2.21. The first-order valence-electron chi connectivity index (χ1n) is 10.6. The van der Waals surface area contributed by atoms with E-state index in [0.29, 0.717) is 19.7 Å². The van der Waals surface area contributed by atoms with E-state index < -0.39 is 0 Å². The maximum Gasteiger partial charge on any atom is 0.254 e. The molecule has 0 bridgehead atoms. The second-order valence-corrected chi connectivity index (χ2v) is 8.17. The Labute approximate surface area is 173 Å². The molecule has 4 rings (SSSR count). The summed E-state index contributed by atoms with van der Waals surface area (Å²) in [6, 6.07) is 16.3. The zero-order chi connectivity index (χ0) is 20.2. The number of ether oxygens (including phenoxy) is 1. The number of aryl methyl sites for hydroxylation is 2. The van der Waals surface area contributed by atoms with Gasteiger partial charge >= 0.3 is 0 Å². The molecule has 0 aromatic heterocycles. The van der Waals surface area contributed by atoms with E-state index in [1.54, 1.807) is 0 Å². The number of nitrogens with zero attached hydrogens (tertiary/aromatic N) is 3. The van der Waals surface area contributed by atoms with Crippen LogP contribution in [-0.4, -0.2) is 74.2 Å². The van der Waals surface area contributed by atoms with Crippen LogP contribution < -0.4 is 4.90 Å². The molecule has 5 nitrogen and oxygen atoms in total. The molecule has 0 saturated carbocycles. The molecule has 2 aromatic rings. The third-order valence-corrected chi connectivity index (χ3v) is 6.14. The van der Waals surface area contributed by atoms with E-state index >= 15 is 0 Å². The van der Waals surface area contributed by atoms with E-state index in [9.17, 15) is 4.79 Å². The molecule has 0 aliphatic carbocycles. The van der Waals surface area contributed by atoms with E-state index in [1.165, 1.54) is 16.8 Å². The largest absolute Gasteiger partial charge is 0.373 e. The SMILES string of the molecule is Cc1ccc(N2CCN(CC3CN(C(=O)c4ccccc4)CCO3)CC2)cc1C. The van der Waals surface area contributed by atoms with Gasteiger partial charge in [0.2, 0.25) is 0 Å². The third-order valence-electron chi connectivity index (χ3n) is 6.14. The van der Waals surface area contributed by atoms with Gasteiger partial charge in [-0.15, -0.1) is 0 Å². The van der Waals surface area contributed by atoms with Gasteiger partial charge in [0.05, 0.1) is 12.7 Å². The van der Waals surface area contributed by atoms with Crippen LogP contribution in [0.3, 0.4) is 0 Å². The molecule has 29 heavy (non-hydrogen) atoms. The lowest BCUT2D eigenvalue weighted by molar-refractivity contribution is -0.0363. The maximum atomic E-state index is 12.7. The Morgan fingerprint density at radius 2 is 1.72 bits per heavy atom. The van der Waals surface area contributed by atoms with Crippen LogP contribution in [0.2, 0.25) is 0 Å². The summed E-state index contributed by atoms with van der Waals surface area (Å²) in [4.78, 5) is 19.6. The number of anilines is 1. The Hall–Kier alpha value is -2.37. The van der Waals surface area contributed by atoms with Crippen molar-refractivity contribution in [2.24, 2.45) is 0 Å². The van der Waals surface area contributed by atoms with E-state index in [-0.39, 0.29) is 12.0 Å². The lowest BCUT2D eigenvalue weighted by atomic mass is 10.1. The second-order valence-electron chi connectivity index (χ2n) is 8.17. The number of piperazine rings is 1. The average molecular weight is 394 g/mol. The number of hydrogen-bond acceptors (Lipinski definition) is 4. The first-order valence-corrected chi connectivity index (χ1v) is 10.6. The fraction of sp³-hybridized carbons (Fsp3) is 0.458. The topological polar surface area (TPSA) is 36.0 Å². The number of amides is 1. The molecule has 154 valence electrons. The highest BCUT2D eigenvalue weighted by Gasteiger charge is 2.27. The van der Waals surface area contributed by atoms with Gasteiger partial charge in [0, 0.05) is 57.1 Å². The van der Waals surface area contributed by atoms with Crippen LogP contribution >= 0.6 is 0 Å². The summed E-state index contributed by atoms with van der Waals surface area (Å²) < 4.78 is 5.99. The van der Waals surface area contributed by atoms with Gasteiger partial charge in [0.1, 0.15) is 0 Å². The summed E-state index contributed by atoms with van der Waals surface area (Å²) in [5.74, 6) is 0.110. The van der Waals surface area contributed by atoms with Gasteiger partial charge in [0.15, 0.2) is 0 Å². The van der Waals surface area contributed by atoms with Crippen LogP contribution in [-0.2, 0) is 4.74 Å². The predicted octanol–water partition coefficient (Wildman–Crippen LogP) is 2.97. The molecule has 2 fully saturated rings. The van der Waals surface area contributed by atoms with Crippen LogP contribution in [0.15, 0.2) is 48.5 Å². The van der Waals surface area contributed by atoms with Gasteiger partial charge in [-0.05, 0) is 49.2 Å². The Morgan fingerprint density at radius 3 is 2.45 bits per heavy atom. The third kappa shape index (κ3) is 4.80. The first-order chi connectivity index (χ1) is 14.1. The van der Waals surface area contributed by atoms with Gasteiger partial charge in [-0.1, -0.05) is 24.3 Å². The number of rotatable bonds is 4. The molecule has 0 spiro atoms. The minimum Gasteiger partial charge on any atom is -0.373 e. The summed E-state index contributed by atoms with van der Waals surface area (Å²) in [7, 11) is 0. The Morgan fingerprint density at radius 1 is 0.966 bits per heavy atom. The summed E-state index contributed by atoms with van der Waals surface area (Å²) in [6.45, 7) is 11.3. The number of benzene rings is 2. The van der Waals surface area contributed by atoms with Crippen LogP contribution in [0.4, 0.5) is 5.69 Å². The molecule has 2 aliphatic rings. The summed E-state index contributed by atoms with van der Waals surface area (Å²) in [6.07, 6.45) is 0.0876. The lowest BCUT2D eigenvalue weighted by Gasteiger charge is -2.40. The molecule has 1 unspecified atom stereocenters. The highest BCUT2D eigenvalue weighted by atomic mass is 16.5. The molecule has 2 aliphatic heterocycles. The molecule has 0 N–H and O–H groups in total. The smallest absolute Gasteiger partial charge is 0.254 e. The Kier molecular flexibility index (Phi) is 6.16. The quantitative estimate of drug-likeness (QED) is 0.800. The second kappa shape index (κ2) is 8.97. The number of hydrogen-bond donors (Lipinski definition) is 0. The van der Waals surface area contributed by atoms with Crippen LogP contribution in [0.5, 0.6) is 0 Å². The van der Waals surface area contributed by atoms with E-state index in [2.05, 4.69) is 41.8 Å². The molecular formula is C24H31N3O2. The van der Waals surface area contributed by atoms with E-state index in [0.717, 1.165) is 38.3 Å². The monoisotopic (exact) mass is 393 g/mol. The zero-order valence-corrected chi connectivity index (χ0v) is 17.5. The van der Waals surface area contributed by atoms with Crippen LogP contribution in [0.25, 0.3) is 0 Å². The molecule has 1 amide bonds. The van der Waals surface area contributed by atoms with E-state index in [1.807, 2.05) is 35.2 Å². The molecular weight excluding hydrogens is 362 g/mol. The molecule has 1 atom stereocenters. The molecule has 2 aromatic carbocycles. The lowest BCUT2D eigenvalue weighted by Crippen LogP contribution is -2.53. The summed E-state index contributed by atoms with van der Waals surface area (Å²) in [5, 5.41) is 0. The van der Waals surface area contributed by atoms with Gasteiger partial charge in [-0.3, -0.25) is 9.69 Å². The predicted molar refractivity (Wildman–Crippen MR) is 117 cm³/mol. The minimum absolute atomic E-state index is 0.0876. The molecule has 0 radical (unpaired) electrons. The van der Waals surface area contributed by atoms with Crippen molar-refractivity contribution >= 4 is 11.6 Å². The van der Waals surface area contributed by atoms with Gasteiger partial charge in [-0.2, -0.15) is 0 Å². The van der Waals surface area contributed by atoms with E-state index in [4.69, 9.17) is 4.74 Å². The fourth-order valence-electron chi connectivity index (χ4n) is 4.18. The van der Waals surface area contributed by atoms with Crippen molar-refractivity contribution in [3.63, 3.8) is 0 Å². The molecule has 2 heterocycles. The van der Waals surface area contributed by atoms with Crippen molar-refractivity contribution in [3.05, 3.63) is 65.2 Å². The highest BCUT2D eigenvalue weighted by molar-refractivity contribution is 5.94. The van der Waals surface area contributed by atoms with Crippen molar-refractivity contribution in [1.82, 2.24) is 9.80 Å². The molecule has 2 saturated heterocycles. The maximum absolute atomic E-state index is 12.7. The van der Waals surface area contributed by atoms with Crippen molar-refractivity contribution in [2.75, 3.05) is 57.3 Å². The zero-order valence-electron chi connectivity index (χ0n) is 17.5. The standard InChI is InChI=1S/C24H31N3O2/c1-19-8-9-22(16-20(19)2)26-12-10-25(11-13-26)17-23-18-27(14-15-29-23)24(28)21-6-4-3-5-7-21/h3-9,16,23H,10-15,17-18H2,1-2H3. The van der Waals surface area contributed by atoms with Crippen molar-refractivity contribution < 1.29 is 9.53 Å². The van der Waals surface area contributed by atoms with Crippen molar-refractivity contribution in [1.29, 1.82) is 0 Å². The summed E-state index contributed by atoms with van der Waals surface area (Å²) >= 11 is 0.